The molecule has 1 atom stereocenters. The number of halogens is 2. The van der Waals surface area contributed by atoms with Crippen molar-refractivity contribution in [3.63, 3.8) is 0 Å². The van der Waals surface area contributed by atoms with E-state index in [-0.39, 0.29) is 5.69 Å². The summed E-state index contributed by atoms with van der Waals surface area (Å²) in [6, 6.07) is 2.04. The summed E-state index contributed by atoms with van der Waals surface area (Å²) < 4.78 is 26.5. The average Bonchev–Trinajstić information content (AvgIpc) is 2.20. The fourth-order valence-electron chi connectivity index (χ4n) is 1.42. The number of nitrogens with zero attached hydrogens (tertiary/aromatic N) is 2. The Bertz CT molecular complexity index is 408. The third kappa shape index (κ3) is 2.07. The largest absolute Gasteiger partial charge is 0.375 e. The molecule has 0 aliphatic rings. The topological polar surface area (TPSA) is 7.60 Å². The van der Waals surface area contributed by atoms with E-state index in [9.17, 15) is 8.78 Å². The number of hydrogen-bond donors (Lipinski definition) is 0. The molecule has 0 spiro atoms. The molecule has 4 heteroatoms. The molecule has 0 heterocycles. The molecule has 0 bridgehead atoms. The Morgan fingerprint density at radius 3 is 2.40 bits per heavy atom. The molecule has 1 aromatic rings. The summed E-state index contributed by atoms with van der Waals surface area (Å²) in [7, 11) is 3.25. The third-order valence-corrected chi connectivity index (χ3v) is 2.19. The Morgan fingerprint density at radius 1 is 1.33 bits per heavy atom. The first kappa shape index (κ1) is 11.4. The van der Waals surface area contributed by atoms with Gasteiger partial charge < -0.3 is 9.74 Å². The van der Waals surface area contributed by atoms with Gasteiger partial charge in [-0.15, -0.1) is 0 Å². The molecule has 0 aliphatic heterocycles. The van der Waals surface area contributed by atoms with Crippen LogP contribution in [0.4, 0.5) is 14.5 Å². The van der Waals surface area contributed by atoms with Crippen molar-refractivity contribution in [1.82, 2.24) is 0 Å². The van der Waals surface area contributed by atoms with E-state index in [4.69, 9.17) is 6.57 Å². The maximum absolute atomic E-state index is 13.5. The first-order valence-electron chi connectivity index (χ1n) is 4.50. The predicted octanol–water partition coefficient (Wildman–Crippen LogP) is 3.01. The third-order valence-electron chi connectivity index (χ3n) is 2.19. The molecule has 0 N–H and O–H groups in total. The molecule has 0 amide bonds. The van der Waals surface area contributed by atoms with Gasteiger partial charge in [0.2, 0.25) is 6.04 Å². The Kier molecular flexibility index (Phi) is 3.25. The van der Waals surface area contributed by atoms with Gasteiger partial charge in [0.25, 0.3) is 0 Å². The fourth-order valence-corrected chi connectivity index (χ4v) is 1.42. The number of rotatable bonds is 2. The smallest absolute Gasteiger partial charge is 0.248 e. The fraction of sp³-hybridized carbons (Fsp3) is 0.364. The quantitative estimate of drug-likeness (QED) is 0.681. The second-order valence-corrected chi connectivity index (χ2v) is 3.50. The van der Waals surface area contributed by atoms with Crippen LogP contribution in [0.5, 0.6) is 0 Å². The molecular weight excluding hydrogens is 198 g/mol. The van der Waals surface area contributed by atoms with Gasteiger partial charge in [-0.25, -0.2) is 15.4 Å². The van der Waals surface area contributed by atoms with E-state index in [2.05, 4.69) is 4.85 Å². The highest BCUT2D eigenvalue weighted by molar-refractivity contribution is 5.56. The van der Waals surface area contributed by atoms with E-state index in [1.165, 1.54) is 11.0 Å². The maximum atomic E-state index is 13.5. The van der Waals surface area contributed by atoms with Gasteiger partial charge >= 0.3 is 0 Å². The number of hydrogen-bond acceptors (Lipinski definition) is 1. The van der Waals surface area contributed by atoms with Crippen LogP contribution in [0, 0.1) is 18.2 Å². The van der Waals surface area contributed by atoms with E-state index in [1.807, 2.05) is 0 Å². The Hall–Kier alpha value is -1.63. The van der Waals surface area contributed by atoms with E-state index in [0.29, 0.717) is 5.56 Å². The lowest BCUT2D eigenvalue weighted by Gasteiger charge is -2.18. The summed E-state index contributed by atoms with van der Waals surface area (Å²) >= 11 is 0. The molecule has 0 saturated heterocycles. The SMILES string of the molecule is [C-]#[N+]C(C)c1ccc(F)c(F)c1N(C)C. The van der Waals surface area contributed by atoms with Crippen LogP contribution in [0.3, 0.4) is 0 Å². The maximum Gasteiger partial charge on any atom is 0.248 e. The van der Waals surface area contributed by atoms with Crippen LogP contribution in [-0.4, -0.2) is 14.1 Å². The Balaban J connectivity index is 3.41. The van der Waals surface area contributed by atoms with Crippen LogP contribution >= 0.6 is 0 Å². The standard InChI is InChI=1S/C11H12F2N2/c1-7(14-2)8-5-6-9(12)10(13)11(8)15(3)4/h5-7H,1,3-4H3. The summed E-state index contributed by atoms with van der Waals surface area (Å²) in [5.41, 5.74) is 0.660. The van der Waals surface area contributed by atoms with Gasteiger partial charge in [0, 0.05) is 21.0 Å². The van der Waals surface area contributed by atoms with Gasteiger partial charge in [-0.2, -0.15) is 0 Å². The normalized spacial score (nSPS) is 12.0. The van der Waals surface area contributed by atoms with Crippen molar-refractivity contribution in [2.45, 2.75) is 13.0 Å². The van der Waals surface area contributed by atoms with Crippen molar-refractivity contribution >= 4 is 5.69 Å². The van der Waals surface area contributed by atoms with Crippen LogP contribution < -0.4 is 4.90 Å². The van der Waals surface area contributed by atoms with Gasteiger partial charge in [-0.1, -0.05) is 0 Å². The minimum absolute atomic E-state index is 0.151. The van der Waals surface area contributed by atoms with E-state index < -0.39 is 17.7 Å². The highest BCUT2D eigenvalue weighted by atomic mass is 19.2. The minimum atomic E-state index is -0.895. The zero-order valence-corrected chi connectivity index (χ0v) is 8.88. The van der Waals surface area contributed by atoms with Crippen molar-refractivity contribution < 1.29 is 8.78 Å². The highest BCUT2D eigenvalue weighted by Gasteiger charge is 2.21. The van der Waals surface area contributed by atoms with E-state index in [1.54, 1.807) is 21.0 Å². The summed E-state index contributed by atoms with van der Waals surface area (Å²) in [5, 5.41) is 0. The van der Waals surface area contributed by atoms with Gasteiger partial charge in [-0.05, 0) is 12.1 Å². The van der Waals surface area contributed by atoms with Gasteiger partial charge in [-0.3, -0.25) is 0 Å². The first-order chi connectivity index (χ1) is 6.99. The van der Waals surface area contributed by atoms with Crippen LogP contribution in [0.15, 0.2) is 12.1 Å². The van der Waals surface area contributed by atoms with E-state index >= 15 is 0 Å². The monoisotopic (exact) mass is 210 g/mol. The summed E-state index contributed by atoms with van der Waals surface area (Å²) in [6.07, 6.45) is 0. The molecule has 0 fully saturated rings. The van der Waals surface area contributed by atoms with Gasteiger partial charge in [0.15, 0.2) is 11.6 Å². The van der Waals surface area contributed by atoms with Crippen LogP contribution in [0.1, 0.15) is 18.5 Å². The molecule has 0 aromatic heterocycles. The average molecular weight is 210 g/mol. The Morgan fingerprint density at radius 2 is 1.93 bits per heavy atom. The molecule has 1 aromatic carbocycles. The van der Waals surface area contributed by atoms with Crippen LogP contribution in [0.25, 0.3) is 4.85 Å². The molecule has 0 aliphatic carbocycles. The molecule has 0 radical (unpaired) electrons. The van der Waals surface area contributed by atoms with Gasteiger partial charge in [0.1, 0.15) is 0 Å². The first-order valence-corrected chi connectivity index (χ1v) is 4.50. The summed E-state index contributed by atoms with van der Waals surface area (Å²) in [4.78, 5) is 4.79. The summed E-state index contributed by atoms with van der Waals surface area (Å²) in [5.74, 6) is -1.78. The zero-order chi connectivity index (χ0) is 11.6. The van der Waals surface area contributed by atoms with Crippen molar-refractivity contribution in [3.8, 4) is 0 Å². The molecule has 15 heavy (non-hydrogen) atoms. The molecule has 1 unspecified atom stereocenters. The van der Waals surface area contributed by atoms with Crippen molar-refractivity contribution in [3.05, 3.63) is 40.7 Å². The molecule has 2 nitrogen and oxygen atoms in total. The van der Waals surface area contributed by atoms with Gasteiger partial charge in [0.05, 0.1) is 11.3 Å². The number of benzene rings is 1. The summed E-state index contributed by atoms with van der Waals surface area (Å²) in [6.45, 7) is 8.56. The predicted molar refractivity (Wildman–Crippen MR) is 55.7 cm³/mol. The second kappa shape index (κ2) is 4.26. The van der Waals surface area contributed by atoms with Crippen molar-refractivity contribution in [2.24, 2.45) is 0 Å². The molecule has 80 valence electrons. The van der Waals surface area contributed by atoms with Crippen LogP contribution in [-0.2, 0) is 0 Å². The van der Waals surface area contributed by atoms with Crippen molar-refractivity contribution in [2.75, 3.05) is 19.0 Å². The lowest BCUT2D eigenvalue weighted by atomic mass is 10.1. The number of anilines is 1. The molecule has 0 saturated carbocycles. The second-order valence-electron chi connectivity index (χ2n) is 3.50. The lowest BCUT2D eigenvalue weighted by molar-refractivity contribution is 0.507. The van der Waals surface area contributed by atoms with E-state index in [0.717, 1.165) is 6.07 Å². The minimum Gasteiger partial charge on any atom is -0.375 e. The highest BCUT2D eigenvalue weighted by Crippen LogP contribution is 2.31. The van der Waals surface area contributed by atoms with Crippen LogP contribution in [0.2, 0.25) is 0 Å². The lowest BCUT2D eigenvalue weighted by Crippen LogP contribution is -2.15. The Labute approximate surface area is 87.9 Å². The molecular formula is C11H12F2N2. The molecule has 1 rings (SSSR count). The zero-order valence-electron chi connectivity index (χ0n) is 8.88. The van der Waals surface area contributed by atoms with Crippen molar-refractivity contribution in [1.29, 1.82) is 0 Å².